The number of nitriles is 1. The number of benzene rings is 2. The molecule has 1 aromatic heterocycles. The SMILES string of the molecule is N#Cc1cccc(OS(=O)(=O)c2ccc(-n3ncc(Cl)c(Cl)c3=O)cc2)c1. The lowest BCUT2D eigenvalue weighted by Gasteiger charge is -2.09. The van der Waals surface area contributed by atoms with E-state index in [-0.39, 0.29) is 26.3 Å². The summed E-state index contributed by atoms with van der Waals surface area (Å²) in [5.41, 5.74) is -0.0727. The number of nitrogens with zero attached hydrogens (tertiary/aromatic N) is 3. The Balaban J connectivity index is 1.92. The van der Waals surface area contributed by atoms with Crippen LogP contribution in [0.2, 0.25) is 10.0 Å². The minimum absolute atomic E-state index is 0.0143. The Labute approximate surface area is 164 Å². The van der Waals surface area contributed by atoms with E-state index in [9.17, 15) is 13.2 Å². The van der Waals surface area contributed by atoms with Crippen LogP contribution in [-0.2, 0) is 10.1 Å². The molecule has 3 rings (SSSR count). The van der Waals surface area contributed by atoms with Gasteiger partial charge >= 0.3 is 10.1 Å². The molecule has 136 valence electrons. The summed E-state index contributed by atoms with van der Waals surface area (Å²) < 4.78 is 30.8. The second kappa shape index (κ2) is 7.40. The minimum Gasteiger partial charge on any atom is -0.379 e. The van der Waals surface area contributed by atoms with Crippen molar-refractivity contribution in [3.8, 4) is 17.5 Å². The second-order valence-electron chi connectivity index (χ2n) is 5.19. The largest absolute Gasteiger partial charge is 0.379 e. The van der Waals surface area contributed by atoms with Gasteiger partial charge in [0.1, 0.15) is 15.7 Å². The van der Waals surface area contributed by atoms with Crippen LogP contribution in [0.5, 0.6) is 5.75 Å². The molecule has 0 amide bonds. The monoisotopic (exact) mass is 421 g/mol. The molecule has 1 heterocycles. The zero-order valence-electron chi connectivity index (χ0n) is 13.3. The van der Waals surface area contributed by atoms with Crippen LogP contribution >= 0.6 is 23.2 Å². The first kappa shape index (κ1) is 18.9. The van der Waals surface area contributed by atoms with E-state index in [4.69, 9.17) is 32.6 Å². The van der Waals surface area contributed by atoms with E-state index in [1.807, 2.05) is 6.07 Å². The first-order chi connectivity index (χ1) is 12.8. The number of aromatic nitrogens is 2. The molecule has 7 nitrogen and oxygen atoms in total. The predicted molar refractivity (Wildman–Crippen MR) is 98.8 cm³/mol. The van der Waals surface area contributed by atoms with Crippen LogP contribution in [-0.4, -0.2) is 18.2 Å². The van der Waals surface area contributed by atoms with Gasteiger partial charge in [-0.1, -0.05) is 29.3 Å². The summed E-state index contributed by atoms with van der Waals surface area (Å²) in [7, 11) is -4.13. The fourth-order valence-corrected chi connectivity index (χ4v) is 3.32. The Morgan fingerprint density at radius 2 is 1.81 bits per heavy atom. The van der Waals surface area contributed by atoms with Gasteiger partial charge in [0, 0.05) is 0 Å². The average molecular weight is 422 g/mol. The molecule has 0 saturated heterocycles. The summed E-state index contributed by atoms with van der Waals surface area (Å²) in [6, 6.07) is 12.9. The maximum Gasteiger partial charge on any atom is 0.339 e. The van der Waals surface area contributed by atoms with Gasteiger partial charge in [-0.05, 0) is 42.5 Å². The molecule has 0 radical (unpaired) electrons. The van der Waals surface area contributed by atoms with E-state index in [2.05, 4.69) is 5.10 Å². The van der Waals surface area contributed by atoms with Crippen molar-refractivity contribution in [2.75, 3.05) is 0 Å². The molecule has 10 heteroatoms. The molecule has 0 aliphatic rings. The van der Waals surface area contributed by atoms with Crippen molar-refractivity contribution < 1.29 is 12.6 Å². The molecule has 0 bridgehead atoms. The highest BCUT2D eigenvalue weighted by molar-refractivity contribution is 7.87. The third-order valence-electron chi connectivity index (χ3n) is 3.42. The van der Waals surface area contributed by atoms with Crippen LogP contribution in [0, 0.1) is 11.3 Å². The molecular formula is C17H9Cl2N3O4S. The van der Waals surface area contributed by atoms with Gasteiger partial charge in [0.2, 0.25) is 0 Å². The van der Waals surface area contributed by atoms with Gasteiger partial charge in [0.25, 0.3) is 5.56 Å². The van der Waals surface area contributed by atoms with Gasteiger partial charge in [-0.3, -0.25) is 4.79 Å². The third kappa shape index (κ3) is 3.95. The van der Waals surface area contributed by atoms with Gasteiger partial charge in [-0.25, -0.2) is 0 Å². The Kier molecular flexibility index (Phi) is 5.19. The Bertz CT molecular complexity index is 1220. The van der Waals surface area contributed by atoms with E-state index in [0.717, 1.165) is 4.68 Å². The van der Waals surface area contributed by atoms with Crippen LogP contribution in [0.25, 0.3) is 5.69 Å². The zero-order valence-corrected chi connectivity index (χ0v) is 15.7. The summed E-state index contributed by atoms with van der Waals surface area (Å²) in [5, 5.41) is 12.6. The lowest BCUT2D eigenvalue weighted by Crippen LogP contribution is -2.21. The van der Waals surface area contributed by atoms with Gasteiger partial charge in [-0.2, -0.15) is 23.5 Å². The van der Waals surface area contributed by atoms with E-state index in [0.29, 0.717) is 5.69 Å². The average Bonchev–Trinajstić information content (AvgIpc) is 2.66. The topological polar surface area (TPSA) is 102 Å². The van der Waals surface area contributed by atoms with Crippen molar-refractivity contribution in [2.24, 2.45) is 0 Å². The first-order valence-corrected chi connectivity index (χ1v) is 9.46. The molecule has 0 aliphatic carbocycles. The second-order valence-corrected chi connectivity index (χ2v) is 7.53. The van der Waals surface area contributed by atoms with Crippen LogP contribution in [0.1, 0.15) is 5.56 Å². The van der Waals surface area contributed by atoms with Crippen molar-refractivity contribution in [3.63, 3.8) is 0 Å². The number of rotatable bonds is 4. The number of halogens is 2. The molecule has 0 unspecified atom stereocenters. The van der Waals surface area contributed by atoms with Crippen molar-refractivity contribution in [2.45, 2.75) is 4.90 Å². The van der Waals surface area contributed by atoms with Gasteiger partial charge < -0.3 is 4.18 Å². The quantitative estimate of drug-likeness (QED) is 0.599. The van der Waals surface area contributed by atoms with E-state index < -0.39 is 15.7 Å². The lowest BCUT2D eigenvalue weighted by atomic mass is 10.2. The van der Waals surface area contributed by atoms with Crippen molar-refractivity contribution in [3.05, 3.63) is 80.7 Å². The van der Waals surface area contributed by atoms with Crippen LogP contribution < -0.4 is 9.74 Å². The highest BCUT2D eigenvalue weighted by Gasteiger charge is 2.18. The van der Waals surface area contributed by atoms with Gasteiger partial charge in [0.15, 0.2) is 0 Å². The Morgan fingerprint density at radius 1 is 1.11 bits per heavy atom. The number of hydrogen-bond acceptors (Lipinski definition) is 6. The molecule has 3 aromatic rings. The summed E-state index contributed by atoms with van der Waals surface area (Å²) in [4.78, 5) is 12.0. The molecule has 0 saturated carbocycles. The number of hydrogen-bond donors (Lipinski definition) is 0. The molecule has 0 fully saturated rings. The molecule has 0 spiro atoms. The van der Waals surface area contributed by atoms with Gasteiger partial charge in [0.05, 0.1) is 28.5 Å². The highest BCUT2D eigenvalue weighted by atomic mass is 35.5. The van der Waals surface area contributed by atoms with Gasteiger partial charge in [-0.15, -0.1) is 0 Å². The predicted octanol–water partition coefficient (Wildman–Crippen LogP) is 3.18. The molecule has 27 heavy (non-hydrogen) atoms. The standard InChI is InChI=1S/C17H9Cl2N3O4S/c18-15-10-21-22(17(23)16(15)19)12-4-6-14(7-5-12)27(24,25)26-13-3-1-2-11(8-13)9-20/h1-8,10H. The van der Waals surface area contributed by atoms with Crippen molar-refractivity contribution >= 4 is 33.3 Å². The van der Waals surface area contributed by atoms with Crippen LogP contribution in [0.15, 0.2) is 64.4 Å². The van der Waals surface area contributed by atoms with Crippen molar-refractivity contribution in [1.82, 2.24) is 9.78 Å². The van der Waals surface area contributed by atoms with E-state index in [1.165, 1.54) is 54.7 Å². The lowest BCUT2D eigenvalue weighted by molar-refractivity contribution is 0.486. The smallest absolute Gasteiger partial charge is 0.339 e. The van der Waals surface area contributed by atoms with E-state index >= 15 is 0 Å². The summed E-state index contributed by atoms with van der Waals surface area (Å²) in [6.45, 7) is 0. The third-order valence-corrected chi connectivity index (χ3v) is 5.43. The maximum atomic E-state index is 12.4. The minimum atomic E-state index is -4.13. The van der Waals surface area contributed by atoms with E-state index in [1.54, 1.807) is 0 Å². The summed E-state index contributed by atoms with van der Waals surface area (Å²) in [5.74, 6) is 0.0143. The molecular weight excluding hydrogens is 413 g/mol. The highest BCUT2D eigenvalue weighted by Crippen LogP contribution is 2.21. The Hall–Kier alpha value is -2.86. The fourth-order valence-electron chi connectivity index (χ4n) is 2.14. The zero-order chi connectivity index (χ0) is 19.6. The summed E-state index contributed by atoms with van der Waals surface area (Å²) in [6.07, 6.45) is 1.21. The normalized spacial score (nSPS) is 11.0. The molecule has 0 N–H and O–H groups in total. The first-order valence-electron chi connectivity index (χ1n) is 7.30. The summed E-state index contributed by atoms with van der Waals surface area (Å²) >= 11 is 11.5. The van der Waals surface area contributed by atoms with Crippen molar-refractivity contribution in [1.29, 1.82) is 5.26 Å². The maximum absolute atomic E-state index is 12.4. The fraction of sp³-hybridized carbons (Fsp3) is 0. The molecule has 0 aliphatic heterocycles. The van der Waals surface area contributed by atoms with Crippen LogP contribution in [0.4, 0.5) is 0 Å². The molecule has 2 aromatic carbocycles. The molecule has 0 atom stereocenters. The van der Waals surface area contributed by atoms with Crippen LogP contribution in [0.3, 0.4) is 0 Å². The Morgan fingerprint density at radius 3 is 2.48 bits per heavy atom.